The summed E-state index contributed by atoms with van der Waals surface area (Å²) in [5.41, 5.74) is 6.22. The fourth-order valence-electron chi connectivity index (χ4n) is 1.79. The highest BCUT2D eigenvalue weighted by atomic mass is 19.1. The maximum Gasteiger partial charge on any atom is 0.248 e. The number of carbonyl (C=O) groups excluding carboxylic acids is 1. The van der Waals surface area contributed by atoms with Gasteiger partial charge < -0.3 is 15.8 Å². The van der Waals surface area contributed by atoms with Gasteiger partial charge in [0.25, 0.3) is 0 Å². The second kappa shape index (κ2) is 6.16. The third-order valence-corrected chi connectivity index (χ3v) is 2.72. The second-order valence-corrected chi connectivity index (χ2v) is 4.29. The average Bonchev–Trinajstić information content (AvgIpc) is 2.42. The number of carbonyl (C=O) groups is 1. The van der Waals surface area contributed by atoms with Gasteiger partial charge >= 0.3 is 0 Å². The summed E-state index contributed by atoms with van der Waals surface area (Å²) in [6, 6.07) is 11.2. The number of benzene rings is 2. The van der Waals surface area contributed by atoms with Gasteiger partial charge in [-0.1, -0.05) is 12.1 Å². The molecule has 104 valence electrons. The Morgan fingerprint density at radius 3 is 2.75 bits per heavy atom. The van der Waals surface area contributed by atoms with Gasteiger partial charge in [-0.3, -0.25) is 4.79 Å². The topological polar surface area (TPSA) is 64.3 Å². The molecule has 0 heterocycles. The van der Waals surface area contributed by atoms with Crippen LogP contribution in [0.4, 0.5) is 4.39 Å². The molecule has 0 radical (unpaired) electrons. The van der Waals surface area contributed by atoms with Crippen LogP contribution in [-0.2, 0) is 6.54 Å². The number of rotatable bonds is 5. The summed E-state index contributed by atoms with van der Waals surface area (Å²) in [5, 5.41) is 3.03. The fraction of sp³-hybridized carbons (Fsp3) is 0.133. The zero-order valence-corrected chi connectivity index (χ0v) is 11.0. The van der Waals surface area contributed by atoms with Crippen LogP contribution in [0.15, 0.2) is 42.5 Å². The molecule has 0 aliphatic heterocycles. The molecule has 1 amide bonds. The molecule has 2 aromatic rings. The Balaban J connectivity index is 2.21. The summed E-state index contributed by atoms with van der Waals surface area (Å²) in [6.45, 7) is 0.695. The molecule has 0 bridgehead atoms. The SMILES string of the molecule is CNCc1cccc(Oc2ccc(C(N)=O)cc2F)c1. The van der Waals surface area contributed by atoms with Crippen molar-refractivity contribution in [3.05, 3.63) is 59.4 Å². The molecule has 0 unspecified atom stereocenters. The molecule has 5 heteroatoms. The van der Waals surface area contributed by atoms with Crippen LogP contribution in [-0.4, -0.2) is 13.0 Å². The van der Waals surface area contributed by atoms with E-state index in [1.807, 2.05) is 25.2 Å². The number of nitrogens with one attached hydrogen (secondary N) is 1. The number of hydrogen-bond donors (Lipinski definition) is 2. The maximum absolute atomic E-state index is 13.8. The molecule has 3 N–H and O–H groups in total. The molecule has 0 saturated heterocycles. The van der Waals surface area contributed by atoms with Crippen molar-refractivity contribution in [1.82, 2.24) is 5.32 Å². The van der Waals surface area contributed by atoms with Crippen molar-refractivity contribution < 1.29 is 13.9 Å². The first kappa shape index (κ1) is 14.0. The minimum atomic E-state index is -0.675. The number of primary amides is 1. The molecule has 0 atom stereocenters. The minimum Gasteiger partial charge on any atom is -0.454 e. The van der Waals surface area contributed by atoms with E-state index in [1.54, 1.807) is 6.07 Å². The van der Waals surface area contributed by atoms with Crippen molar-refractivity contribution in [2.24, 2.45) is 5.73 Å². The first-order valence-corrected chi connectivity index (χ1v) is 6.11. The number of ether oxygens (including phenoxy) is 1. The van der Waals surface area contributed by atoms with E-state index in [0.717, 1.165) is 11.6 Å². The molecule has 2 rings (SSSR count). The lowest BCUT2D eigenvalue weighted by Gasteiger charge is -2.09. The van der Waals surface area contributed by atoms with Gasteiger partial charge in [0.05, 0.1) is 0 Å². The van der Waals surface area contributed by atoms with Gasteiger partial charge in [0.1, 0.15) is 5.75 Å². The lowest BCUT2D eigenvalue weighted by atomic mass is 10.2. The van der Waals surface area contributed by atoms with E-state index in [0.29, 0.717) is 12.3 Å². The molecular weight excluding hydrogens is 259 g/mol. The highest BCUT2D eigenvalue weighted by Crippen LogP contribution is 2.25. The highest BCUT2D eigenvalue weighted by molar-refractivity contribution is 5.92. The van der Waals surface area contributed by atoms with Crippen LogP contribution < -0.4 is 15.8 Å². The monoisotopic (exact) mass is 274 g/mol. The van der Waals surface area contributed by atoms with E-state index in [4.69, 9.17) is 10.5 Å². The van der Waals surface area contributed by atoms with Gasteiger partial charge in [0.2, 0.25) is 5.91 Å². The first-order chi connectivity index (χ1) is 9.60. The Morgan fingerprint density at radius 1 is 1.30 bits per heavy atom. The van der Waals surface area contributed by atoms with Crippen LogP contribution in [0.25, 0.3) is 0 Å². The van der Waals surface area contributed by atoms with E-state index >= 15 is 0 Å². The largest absolute Gasteiger partial charge is 0.454 e. The van der Waals surface area contributed by atoms with Crippen LogP contribution in [0.3, 0.4) is 0 Å². The summed E-state index contributed by atoms with van der Waals surface area (Å²) in [7, 11) is 1.84. The standard InChI is InChI=1S/C15H15FN2O2/c1-18-9-10-3-2-4-12(7-10)20-14-6-5-11(15(17)19)8-13(14)16/h2-8,18H,9H2,1H3,(H2,17,19). The lowest BCUT2D eigenvalue weighted by molar-refractivity contribution is 0.1000. The van der Waals surface area contributed by atoms with Crippen molar-refractivity contribution in [2.45, 2.75) is 6.54 Å². The van der Waals surface area contributed by atoms with Gasteiger partial charge in [0, 0.05) is 12.1 Å². The fourth-order valence-corrected chi connectivity index (χ4v) is 1.79. The van der Waals surface area contributed by atoms with Crippen molar-refractivity contribution >= 4 is 5.91 Å². The Kier molecular flexibility index (Phi) is 4.32. The zero-order chi connectivity index (χ0) is 14.5. The quantitative estimate of drug-likeness (QED) is 0.880. The minimum absolute atomic E-state index is 0.0524. The van der Waals surface area contributed by atoms with Crippen LogP contribution >= 0.6 is 0 Å². The number of amides is 1. The van der Waals surface area contributed by atoms with E-state index in [-0.39, 0.29) is 11.3 Å². The summed E-state index contributed by atoms with van der Waals surface area (Å²) in [6.07, 6.45) is 0. The molecular formula is C15H15FN2O2. The summed E-state index contributed by atoms with van der Waals surface area (Å²) >= 11 is 0. The lowest BCUT2D eigenvalue weighted by Crippen LogP contribution is -2.11. The second-order valence-electron chi connectivity index (χ2n) is 4.29. The van der Waals surface area contributed by atoms with Crippen LogP contribution in [0.1, 0.15) is 15.9 Å². The van der Waals surface area contributed by atoms with Crippen LogP contribution in [0.2, 0.25) is 0 Å². The number of hydrogen-bond acceptors (Lipinski definition) is 3. The van der Waals surface area contributed by atoms with Gasteiger partial charge in [-0.25, -0.2) is 4.39 Å². The molecule has 0 aromatic heterocycles. The van der Waals surface area contributed by atoms with E-state index in [2.05, 4.69) is 5.32 Å². The molecule has 2 aromatic carbocycles. The van der Waals surface area contributed by atoms with Crippen molar-refractivity contribution in [3.63, 3.8) is 0 Å². The Morgan fingerprint density at radius 2 is 2.10 bits per heavy atom. The van der Waals surface area contributed by atoms with Gasteiger partial charge in [0.15, 0.2) is 11.6 Å². The van der Waals surface area contributed by atoms with Crippen molar-refractivity contribution in [2.75, 3.05) is 7.05 Å². The predicted molar refractivity (Wildman–Crippen MR) is 74.2 cm³/mol. The Hall–Kier alpha value is -2.40. The molecule has 0 fully saturated rings. The normalized spacial score (nSPS) is 10.3. The van der Waals surface area contributed by atoms with E-state index in [9.17, 15) is 9.18 Å². The predicted octanol–water partition coefficient (Wildman–Crippen LogP) is 2.44. The van der Waals surface area contributed by atoms with Crippen molar-refractivity contribution in [3.8, 4) is 11.5 Å². The molecule has 4 nitrogen and oxygen atoms in total. The average molecular weight is 274 g/mol. The van der Waals surface area contributed by atoms with Gasteiger partial charge in [-0.05, 0) is 42.9 Å². The van der Waals surface area contributed by atoms with E-state index in [1.165, 1.54) is 12.1 Å². The number of nitrogens with two attached hydrogens (primary N) is 1. The summed E-state index contributed by atoms with van der Waals surface area (Å²) in [4.78, 5) is 10.9. The van der Waals surface area contributed by atoms with Crippen molar-refractivity contribution in [1.29, 1.82) is 0 Å². The third-order valence-electron chi connectivity index (χ3n) is 2.72. The number of halogens is 1. The molecule has 0 saturated carbocycles. The van der Waals surface area contributed by atoms with Gasteiger partial charge in [-0.2, -0.15) is 0 Å². The Labute approximate surface area is 116 Å². The Bertz CT molecular complexity index is 629. The van der Waals surface area contributed by atoms with Crippen LogP contribution in [0, 0.1) is 5.82 Å². The zero-order valence-electron chi connectivity index (χ0n) is 11.0. The maximum atomic E-state index is 13.8. The smallest absolute Gasteiger partial charge is 0.248 e. The molecule has 20 heavy (non-hydrogen) atoms. The highest BCUT2D eigenvalue weighted by Gasteiger charge is 2.09. The third kappa shape index (κ3) is 3.33. The summed E-state index contributed by atoms with van der Waals surface area (Å²) < 4.78 is 19.3. The summed E-state index contributed by atoms with van der Waals surface area (Å²) in [5.74, 6) is -0.716. The molecule has 0 spiro atoms. The first-order valence-electron chi connectivity index (χ1n) is 6.11. The molecule has 0 aliphatic rings. The molecule has 0 aliphatic carbocycles. The van der Waals surface area contributed by atoms with Crippen LogP contribution in [0.5, 0.6) is 11.5 Å². The van der Waals surface area contributed by atoms with Gasteiger partial charge in [-0.15, -0.1) is 0 Å². The van der Waals surface area contributed by atoms with E-state index < -0.39 is 11.7 Å².